The van der Waals surface area contributed by atoms with E-state index in [0.717, 1.165) is 11.8 Å². The van der Waals surface area contributed by atoms with Gasteiger partial charge in [0.05, 0.1) is 6.20 Å². The SMILES string of the molecule is Cc1ccc(Oc2ncc(F)cc2F)cc1N. The van der Waals surface area contributed by atoms with Gasteiger partial charge in [0.1, 0.15) is 11.6 Å². The lowest BCUT2D eigenvalue weighted by Crippen LogP contribution is -1.95. The molecule has 0 aliphatic rings. The summed E-state index contributed by atoms with van der Waals surface area (Å²) in [5, 5.41) is 0. The van der Waals surface area contributed by atoms with Crippen molar-refractivity contribution in [2.24, 2.45) is 0 Å². The van der Waals surface area contributed by atoms with E-state index in [1.165, 1.54) is 0 Å². The first-order chi connectivity index (χ1) is 8.06. The van der Waals surface area contributed by atoms with Crippen LogP contribution in [0, 0.1) is 18.6 Å². The largest absolute Gasteiger partial charge is 0.436 e. The predicted molar refractivity (Wildman–Crippen MR) is 59.8 cm³/mol. The third-order valence-electron chi connectivity index (χ3n) is 2.24. The third-order valence-corrected chi connectivity index (χ3v) is 2.24. The van der Waals surface area contributed by atoms with Crippen LogP contribution in [0.25, 0.3) is 0 Å². The molecule has 2 rings (SSSR count). The Morgan fingerprint density at radius 3 is 2.65 bits per heavy atom. The van der Waals surface area contributed by atoms with Gasteiger partial charge in [-0.3, -0.25) is 0 Å². The van der Waals surface area contributed by atoms with Gasteiger partial charge in [0.25, 0.3) is 5.88 Å². The van der Waals surface area contributed by atoms with E-state index in [1.54, 1.807) is 18.2 Å². The number of nitrogens with zero attached hydrogens (tertiary/aromatic N) is 1. The summed E-state index contributed by atoms with van der Waals surface area (Å²) in [6.07, 6.45) is 0.885. The van der Waals surface area contributed by atoms with Gasteiger partial charge in [0, 0.05) is 17.8 Å². The Hall–Kier alpha value is -2.17. The van der Waals surface area contributed by atoms with Crippen LogP contribution in [0.4, 0.5) is 14.5 Å². The number of hydrogen-bond donors (Lipinski definition) is 1. The molecule has 0 unspecified atom stereocenters. The Morgan fingerprint density at radius 1 is 1.24 bits per heavy atom. The number of benzene rings is 1. The summed E-state index contributed by atoms with van der Waals surface area (Å²) in [7, 11) is 0. The van der Waals surface area contributed by atoms with Crippen molar-refractivity contribution in [2.45, 2.75) is 6.92 Å². The summed E-state index contributed by atoms with van der Waals surface area (Å²) in [6, 6.07) is 5.64. The van der Waals surface area contributed by atoms with Gasteiger partial charge < -0.3 is 10.5 Å². The molecule has 1 aromatic carbocycles. The molecule has 0 amide bonds. The van der Waals surface area contributed by atoms with Crippen LogP contribution < -0.4 is 10.5 Å². The molecular formula is C12H10F2N2O. The molecule has 5 heteroatoms. The summed E-state index contributed by atoms with van der Waals surface area (Å²) >= 11 is 0. The van der Waals surface area contributed by atoms with Gasteiger partial charge in [0.2, 0.25) is 0 Å². The molecule has 0 radical (unpaired) electrons. The monoisotopic (exact) mass is 236 g/mol. The molecule has 0 saturated heterocycles. The predicted octanol–water partition coefficient (Wildman–Crippen LogP) is 3.04. The van der Waals surface area contributed by atoms with E-state index in [0.29, 0.717) is 17.5 Å². The lowest BCUT2D eigenvalue weighted by Gasteiger charge is -2.07. The van der Waals surface area contributed by atoms with E-state index in [-0.39, 0.29) is 5.88 Å². The molecule has 0 bridgehead atoms. The Bertz CT molecular complexity index is 558. The van der Waals surface area contributed by atoms with Crippen molar-refractivity contribution in [3.63, 3.8) is 0 Å². The van der Waals surface area contributed by atoms with E-state index >= 15 is 0 Å². The number of pyridine rings is 1. The maximum Gasteiger partial charge on any atom is 0.256 e. The molecule has 1 heterocycles. The molecule has 3 nitrogen and oxygen atoms in total. The van der Waals surface area contributed by atoms with E-state index in [4.69, 9.17) is 10.5 Å². The van der Waals surface area contributed by atoms with Crippen LogP contribution in [0.3, 0.4) is 0 Å². The van der Waals surface area contributed by atoms with Crippen molar-refractivity contribution in [3.8, 4) is 11.6 Å². The second-order valence-corrected chi connectivity index (χ2v) is 3.56. The standard InChI is InChI=1S/C12H10F2N2O/c1-7-2-3-9(5-11(7)15)17-12-10(14)4-8(13)6-16-12/h2-6H,15H2,1H3. The van der Waals surface area contributed by atoms with Crippen LogP contribution in [0.2, 0.25) is 0 Å². The van der Waals surface area contributed by atoms with Gasteiger partial charge >= 0.3 is 0 Å². The summed E-state index contributed by atoms with van der Waals surface area (Å²) < 4.78 is 31.0. The minimum absolute atomic E-state index is 0.283. The minimum atomic E-state index is -0.857. The summed E-state index contributed by atoms with van der Waals surface area (Å²) in [6.45, 7) is 1.84. The molecule has 0 fully saturated rings. The zero-order valence-electron chi connectivity index (χ0n) is 9.08. The smallest absolute Gasteiger partial charge is 0.256 e. The number of ether oxygens (including phenoxy) is 1. The Kier molecular flexibility index (Phi) is 2.91. The zero-order valence-corrected chi connectivity index (χ0v) is 9.08. The third kappa shape index (κ3) is 2.50. The first-order valence-electron chi connectivity index (χ1n) is 4.91. The van der Waals surface area contributed by atoms with E-state index in [2.05, 4.69) is 4.98 Å². The number of halogens is 2. The maximum absolute atomic E-state index is 13.3. The molecule has 1 aromatic heterocycles. The van der Waals surface area contributed by atoms with Crippen molar-refractivity contribution in [1.82, 2.24) is 4.98 Å². The molecule has 0 saturated carbocycles. The van der Waals surface area contributed by atoms with Gasteiger partial charge in [0.15, 0.2) is 5.82 Å². The first-order valence-corrected chi connectivity index (χ1v) is 4.91. The zero-order chi connectivity index (χ0) is 12.4. The number of anilines is 1. The second-order valence-electron chi connectivity index (χ2n) is 3.56. The summed E-state index contributed by atoms with van der Waals surface area (Å²) in [4.78, 5) is 3.51. The fraction of sp³-hybridized carbons (Fsp3) is 0.0833. The molecule has 0 spiro atoms. The highest BCUT2D eigenvalue weighted by molar-refractivity contribution is 5.51. The van der Waals surface area contributed by atoms with Crippen molar-refractivity contribution < 1.29 is 13.5 Å². The highest BCUT2D eigenvalue weighted by Gasteiger charge is 2.08. The van der Waals surface area contributed by atoms with Crippen LogP contribution in [-0.2, 0) is 0 Å². The molecule has 0 aliphatic carbocycles. The Balaban J connectivity index is 2.28. The molecule has 17 heavy (non-hydrogen) atoms. The lowest BCUT2D eigenvalue weighted by atomic mass is 10.2. The Labute approximate surface area is 96.9 Å². The van der Waals surface area contributed by atoms with Gasteiger partial charge in [-0.2, -0.15) is 0 Å². The van der Waals surface area contributed by atoms with Gasteiger partial charge in [-0.25, -0.2) is 13.8 Å². The van der Waals surface area contributed by atoms with Gasteiger partial charge in [-0.05, 0) is 18.6 Å². The molecule has 2 N–H and O–H groups in total. The van der Waals surface area contributed by atoms with Gasteiger partial charge in [-0.1, -0.05) is 6.07 Å². The second kappa shape index (κ2) is 4.37. The maximum atomic E-state index is 13.3. The highest BCUT2D eigenvalue weighted by Crippen LogP contribution is 2.25. The molecule has 0 atom stereocenters. The minimum Gasteiger partial charge on any atom is -0.436 e. The summed E-state index contributed by atoms with van der Waals surface area (Å²) in [5.74, 6) is -1.54. The van der Waals surface area contributed by atoms with E-state index in [1.807, 2.05) is 6.92 Å². The fourth-order valence-electron chi connectivity index (χ4n) is 1.27. The lowest BCUT2D eigenvalue weighted by molar-refractivity contribution is 0.417. The van der Waals surface area contributed by atoms with E-state index < -0.39 is 11.6 Å². The normalized spacial score (nSPS) is 10.3. The van der Waals surface area contributed by atoms with Crippen LogP contribution in [-0.4, -0.2) is 4.98 Å². The van der Waals surface area contributed by atoms with Crippen molar-refractivity contribution in [2.75, 3.05) is 5.73 Å². The van der Waals surface area contributed by atoms with Crippen LogP contribution >= 0.6 is 0 Å². The average molecular weight is 236 g/mol. The van der Waals surface area contributed by atoms with Crippen molar-refractivity contribution in [1.29, 1.82) is 0 Å². The number of aromatic nitrogens is 1. The quantitative estimate of drug-likeness (QED) is 0.815. The van der Waals surface area contributed by atoms with E-state index in [9.17, 15) is 8.78 Å². The molecular weight excluding hydrogens is 226 g/mol. The Morgan fingerprint density at radius 2 is 2.00 bits per heavy atom. The number of nitrogen functional groups attached to an aromatic ring is 1. The topological polar surface area (TPSA) is 48.1 Å². The van der Waals surface area contributed by atoms with Crippen LogP contribution in [0.15, 0.2) is 30.5 Å². The number of aryl methyl sites for hydroxylation is 1. The number of rotatable bonds is 2. The first kappa shape index (κ1) is 11.3. The van der Waals surface area contributed by atoms with Crippen LogP contribution in [0.5, 0.6) is 11.6 Å². The average Bonchev–Trinajstić information content (AvgIpc) is 2.27. The fourth-order valence-corrected chi connectivity index (χ4v) is 1.27. The molecule has 2 aromatic rings. The van der Waals surface area contributed by atoms with Gasteiger partial charge in [-0.15, -0.1) is 0 Å². The molecule has 0 aliphatic heterocycles. The molecule has 88 valence electrons. The van der Waals surface area contributed by atoms with Crippen LogP contribution in [0.1, 0.15) is 5.56 Å². The van der Waals surface area contributed by atoms with Crippen molar-refractivity contribution >= 4 is 5.69 Å². The number of hydrogen-bond acceptors (Lipinski definition) is 3. The van der Waals surface area contributed by atoms with Crippen molar-refractivity contribution in [3.05, 3.63) is 47.7 Å². The summed E-state index contributed by atoms with van der Waals surface area (Å²) in [5.41, 5.74) is 7.11. The highest BCUT2D eigenvalue weighted by atomic mass is 19.1. The number of nitrogens with two attached hydrogens (primary N) is 1.